The van der Waals surface area contributed by atoms with Gasteiger partial charge < -0.3 is 14.5 Å². The second kappa shape index (κ2) is 13.1. The summed E-state index contributed by atoms with van der Waals surface area (Å²) in [6, 6.07) is 0. The van der Waals surface area contributed by atoms with E-state index in [1.807, 2.05) is 0 Å². The van der Waals surface area contributed by atoms with Crippen molar-refractivity contribution < 1.29 is 18.8 Å². The number of methoxy groups -OCH3 is 1. The minimum atomic E-state index is -1.91. The smallest absolute Gasteiger partial charge is 0.308 e. The van der Waals surface area contributed by atoms with Gasteiger partial charge in [-0.3, -0.25) is 9.59 Å². The number of carbonyl (C=O) groups is 2. The second-order valence-electron chi connectivity index (χ2n) is 11.4. The number of rotatable bonds is 5. The first-order valence-corrected chi connectivity index (χ1v) is 15.8. The fraction of sp³-hybridized carbons (Fsp3) is 0.923. The molecule has 5 nitrogen and oxygen atoms in total. The summed E-state index contributed by atoms with van der Waals surface area (Å²) < 4.78 is 12.1. The van der Waals surface area contributed by atoms with E-state index in [2.05, 4.69) is 60.0 Å². The van der Waals surface area contributed by atoms with Gasteiger partial charge in [-0.15, -0.1) is 0 Å². The van der Waals surface area contributed by atoms with Gasteiger partial charge in [0.15, 0.2) is 8.32 Å². The van der Waals surface area contributed by atoms with Crippen LogP contribution in [0.15, 0.2) is 0 Å². The van der Waals surface area contributed by atoms with Crippen molar-refractivity contribution in [3.63, 3.8) is 0 Å². The van der Waals surface area contributed by atoms with Crippen molar-refractivity contribution in [2.24, 2.45) is 23.7 Å². The molecule has 1 amide bonds. The molecule has 1 rings (SSSR count). The monoisotopic (exact) mass is 469 g/mol. The first-order chi connectivity index (χ1) is 14.9. The fourth-order valence-electron chi connectivity index (χ4n) is 4.63. The van der Waals surface area contributed by atoms with Crippen molar-refractivity contribution in [3.8, 4) is 0 Å². The molecule has 0 aromatic carbocycles. The molecule has 0 aliphatic carbocycles. The maximum Gasteiger partial charge on any atom is 0.308 e. The molecular weight excluding hydrogens is 418 g/mol. The number of nitrogens with one attached hydrogen (secondary N) is 1. The maximum atomic E-state index is 12.7. The topological polar surface area (TPSA) is 64.6 Å². The van der Waals surface area contributed by atoms with Crippen LogP contribution in [0.25, 0.3) is 0 Å². The van der Waals surface area contributed by atoms with Crippen molar-refractivity contribution in [1.29, 1.82) is 0 Å². The Labute approximate surface area is 198 Å². The van der Waals surface area contributed by atoms with Gasteiger partial charge >= 0.3 is 5.97 Å². The number of esters is 1. The predicted octanol–water partition coefficient (Wildman–Crippen LogP) is 6.32. The third-order valence-corrected chi connectivity index (χ3v) is 12.6. The highest BCUT2D eigenvalue weighted by Crippen LogP contribution is 2.40. The lowest BCUT2D eigenvalue weighted by molar-refractivity contribution is -0.148. The highest BCUT2D eigenvalue weighted by atomic mass is 28.4. The van der Waals surface area contributed by atoms with E-state index in [1.165, 1.54) is 7.11 Å². The Morgan fingerprint density at radius 2 is 1.72 bits per heavy atom. The van der Waals surface area contributed by atoms with E-state index in [1.54, 1.807) is 0 Å². The molecule has 1 aliphatic rings. The van der Waals surface area contributed by atoms with Crippen LogP contribution < -0.4 is 5.32 Å². The summed E-state index contributed by atoms with van der Waals surface area (Å²) in [6.45, 7) is 18.7. The average molecular weight is 470 g/mol. The highest BCUT2D eigenvalue weighted by molar-refractivity contribution is 6.74. The van der Waals surface area contributed by atoms with E-state index >= 15 is 0 Å². The summed E-state index contributed by atoms with van der Waals surface area (Å²) in [5.41, 5.74) is 0. The molecule has 1 fully saturated rings. The highest BCUT2D eigenvalue weighted by Gasteiger charge is 2.40. The van der Waals surface area contributed by atoms with E-state index in [4.69, 9.17) is 9.16 Å². The van der Waals surface area contributed by atoms with Gasteiger partial charge in [0.1, 0.15) is 0 Å². The Morgan fingerprint density at radius 1 is 1.06 bits per heavy atom. The molecule has 0 aromatic rings. The molecule has 0 radical (unpaired) electrons. The van der Waals surface area contributed by atoms with Crippen LogP contribution in [0.1, 0.15) is 92.9 Å². The van der Waals surface area contributed by atoms with Crippen LogP contribution in [0, 0.1) is 23.7 Å². The van der Waals surface area contributed by atoms with Gasteiger partial charge in [-0.1, -0.05) is 48.0 Å². The minimum Gasteiger partial charge on any atom is -0.469 e. The lowest BCUT2D eigenvalue weighted by Gasteiger charge is -2.42. The fourth-order valence-corrected chi connectivity index (χ4v) is 6.06. The molecule has 0 bridgehead atoms. The van der Waals surface area contributed by atoms with Crippen molar-refractivity contribution >= 4 is 20.2 Å². The molecule has 188 valence electrons. The van der Waals surface area contributed by atoms with Gasteiger partial charge in [-0.05, 0) is 74.9 Å². The van der Waals surface area contributed by atoms with Gasteiger partial charge in [-0.2, -0.15) is 0 Å². The predicted molar refractivity (Wildman–Crippen MR) is 135 cm³/mol. The van der Waals surface area contributed by atoms with Crippen LogP contribution in [0.5, 0.6) is 0 Å². The first kappa shape index (κ1) is 29.1. The molecule has 1 heterocycles. The Kier molecular flexibility index (Phi) is 11.9. The van der Waals surface area contributed by atoms with Crippen molar-refractivity contribution in [3.05, 3.63) is 0 Å². The third kappa shape index (κ3) is 8.47. The molecule has 0 spiro atoms. The molecular formula is C26H51NO4Si. The molecule has 1 saturated heterocycles. The first-order valence-electron chi connectivity index (χ1n) is 12.9. The van der Waals surface area contributed by atoms with Gasteiger partial charge in [0.2, 0.25) is 5.91 Å². The zero-order valence-corrected chi connectivity index (χ0v) is 23.4. The lowest BCUT2D eigenvalue weighted by Crippen LogP contribution is -2.46. The number of hydrogen-bond acceptors (Lipinski definition) is 4. The zero-order chi connectivity index (χ0) is 24.5. The van der Waals surface area contributed by atoms with E-state index in [0.717, 1.165) is 51.5 Å². The zero-order valence-electron chi connectivity index (χ0n) is 22.4. The quantitative estimate of drug-likeness (QED) is 0.378. The summed E-state index contributed by atoms with van der Waals surface area (Å²) in [4.78, 5) is 25.3. The summed E-state index contributed by atoms with van der Waals surface area (Å²) in [5.74, 6) is 0.452. The largest absolute Gasteiger partial charge is 0.469 e. The lowest BCUT2D eigenvalue weighted by atomic mass is 9.81. The van der Waals surface area contributed by atoms with E-state index < -0.39 is 8.32 Å². The van der Waals surface area contributed by atoms with Crippen LogP contribution in [-0.2, 0) is 18.8 Å². The third-order valence-electron chi connectivity index (χ3n) is 8.14. The summed E-state index contributed by atoms with van der Waals surface area (Å²) in [7, 11) is -0.440. The van der Waals surface area contributed by atoms with Gasteiger partial charge in [0.25, 0.3) is 0 Å². The maximum absolute atomic E-state index is 12.7. The molecule has 32 heavy (non-hydrogen) atoms. The van der Waals surface area contributed by atoms with E-state index in [0.29, 0.717) is 12.3 Å². The summed E-state index contributed by atoms with van der Waals surface area (Å²) >= 11 is 0. The van der Waals surface area contributed by atoms with Crippen LogP contribution in [0.4, 0.5) is 0 Å². The second-order valence-corrected chi connectivity index (χ2v) is 16.1. The van der Waals surface area contributed by atoms with E-state index in [-0.39, 0.29) is 40.8 Å². The van der Waals surface area contributed by atoms with Crippen LogP contribution in [-0.4, -0.2) is 40.0 Å². The number of amides is 1. The Morgan fingerprint density at radius 3 is 2.25 bits per heavy atom. The molecule has 1 N–H and O–H groups in total. The number of carbonyl (C=O) groups excluding carboxylic acids is 2. The molecule has 1 aliphatic heterocycles. The van der Waals surface area contributed by atoms with Gasteiger partial charge in [-0.25, -0.2) is 0 Å². The number of hydrogen-bond donors (Lipinski definition) is 1. The summed E-state index contributed by atoms with van der Waals surface area (Å²) in [5, 5.41) is 3.31. The van der Waals surface area contributed by atoms with Gasteiger partial charge in [0.05, 0.1) is 13.0 Å². The Balaban J connectivity index is 3.15. The van der Waals surface area contributed by atoms with Crippen LogP contribution in [0.3, 0.4) is 0 Å². The van der Waals surface area contributed by atoms with Gasteiger partial charge in [0, 0.05) is 18.6 Å². The van der Waals surface area contributed by atoms with Crippen LogP contribution in [0.2, 0.25) is 18.1 Å². The minimum absolute atomic E-state index is 0.0334. The van der Waals surface area contributed by atoms with Crippen molar-refractivity contribution in [2.75, 3.05) is 13.7 Å². The summed E-state index contributed by atoms with van der Waals surface area (Å²) in [6.07, 6.45) is 7.46. The molecule has 0 unspecified atom stereocenters. The SMILES string of the molecule is CC[C@@H]1CC[C@@H](C(=O)OC)[C@H](C)CC[C@@H](O[Si](C)(C)C(C)(C)C)[C@H](CC)CCCNC1=O. The molecule has 5 atom stereocenters. The normalized spacial score (nSPS) is 29.7. The van der Waals surface area contributed by atoms with Crippen molar-refractivity contribution in [1.82, 2.24) is 5.32 Å². The number of ether oxygens (including phenoxy) is 1. The van der Waals surface area contributed by atoms with Crippen molar-refractivity contribution in [2.45, 2.75) is 117 Å². The Bertz CT molecular complexity index is 587. The van der Waals surface area contributed by atoms with Crippen LogP contribution >= 0.6 is 0 Å². The van der Waals surface area contributed by atoms with E-state index in [9.17, 15) is 9.59 Å². The molecule has 6 heteroatoms. The standard InChI is InChI=1S/C26H51NO4Si/c1-10-20-13-12-18-27-24(28)21(11-2)15-16-22(25(29)30-7)19(3)14-17-23(20)31-32(8,9)26(4,5)6/h19-23H,10-18H2,1-9H3,(H,27,28)/t19-,20-,21-,22-,23-/m1/s1. The molecule has 0 aromatic heterocycles. The average Bonchev–Trinajstić information content (AvgIpc) is 2.72. The Hall–Kier alpha value is -0.883. The molecule has 0 saturated carbocycles.